The molecule has 3 aliphatic carbocycles. The molecule has 4 aliphatic rings. The fourth-order valence-corrected chi connectivity index (χ4v) is 4.59. The summed E-state index contributed by atoms with van der Waals surface area (Å²) in [6.45, 7) is 1.80. The van der Waals surface area contributed by atoms with Crippen LogP contribution in [0.5, 0.6) is 0 Å². The SMILES string of the molecule is C1CC2C3CC(OCC4CO4)C(C3)C2C1. The van der Waals surface area contributed by atoms with Gasteiger partial charge in [-0.05, 0) is 49.4 Å². The van der Waals surface area contributed by atoms with Crippen LogP contribution < -0.4 is 0 Å². The van der Waals surface area contributed by atoms with Crippen LogP contribution in [0.25, 0.3) is 0 Å². The van der Waals surface area contributed by atoms with Crippen molar-refractivity contribution in [2.75, 3.05) is 13.2 Å². The zero-order chi connectivity index (χ0) is 9.83. The Bertz CT molecular complexity index is 261. The van der Waals surface area contributed by atoms with Crippen molar-refractivity contribution in [1.82, 2.24) is 0 Å². The smallest absolute Gasteiger partial charge is 0.104 e. The lowest BCUT2D eigenvalue weighted by Crippen LogP contribution is -2.31. The van der Waals surface area contributed by atoms with Gasteiger partial charge in [0.1, 0.15) is 6.10 Å². The monoisotopic (exact) mass is 208 g/mol. The highest BCUT2D eigenvalue weighted by Crippen LogP contribution is 2.59. The van der Waals surface area contributed by atoms with Crippen LogP contribution in [0.15, 0.2) is 0 Å². The van der Waals surface area contributed by atoms with E-state index in [2.05, 4.69) is 0 Å². The van der Waals surface area contributed by atoms with E-state index in [0.29, 0.717) is 12.2 Å². The third-order valence-electron chi connectivity index (χ3n) is 5.27. The van der Waals surface area contributed by atoms with E-state index in [-0.39, 0.29) is 0 Å². The maximum Gasteiger partial charge on any atom is 0.104 e. The number of rotatable bonds is 3. The minimum absolute atomic E-state index is 0.448. The summed E-state index contributed by atoms with van der Waals surface area (Å²) in [6, 6.07) is 0. The Hall–Kier alpha value is -0.0800. The summed E-state index contributed by atoms with van der Waals surface area (Å²) in [5.41, 5.74) is 0. The van der Waals surface area contributed by atoms with Gasteiger partial charge in [0.2, 0.25) is 0 Å². The van der Waals surface area contributed by atoms with Gasteiger partial charge in [-0.3, -0.25) is 0 Å². The summed E-state index contributed by atoms with van der Waals surface area (Å²) < 4.78 is 11.3. The summed E-state index contributed by atoms with van der Waals surface area (Å²) in [7, 11) is 0. The molecule has 0 N–H and O–H groups in total. The quantitative estimate of drug-likeness (QED) is 0.663. The molecule has 2 heteroatoms. The number of hydrogen-bond acceptors (Lipinski definition) is 2. The van der Waals surface area contributed by atoms with Gasteiger partial charge in [0.05, 0.1) is 19.3 Å². The first kappa shape index (κ1) is 9.00. The fourth-order valence-electron chi connectivity index (χ4n) is 4.59. The van der Waals surface area contributed by atoms with Crippen molar-refractivity contribution >= 4 is 0 Å². The molecule has 1 heterocycles. The lowest BCUT2D eigenvalue weighted by molar-refractivity contribution is -0.0162. The maximum absolute atomic E-state index is 6.04. The van der Waals surface area contributed by atoms with Crippen molar-refractivity contribution in [2.45, 2.75) is 44.3 Å². The standard InChI is InChI=1S/C13H20O2/c1-2-10-8-4-12(11(10)3-1)13(5-8)15-7-9-6-14-9/h8-13H,1-7H2. The van der Waals surface area contributed by atoms with Gasteiger partial charge < -0.3 is 9.47 Å². The molecule has 6 atom stereocenters. The molecule has 84 valence electrons. The Morgan fingerprint density at radius 1 is 1.07 bits per heavy atom. The van der Waals surface area contributed by atoms with Crippen molar-refractivity contribution < 1.29 is 9.47 Å². The molecule has 0 aromatic heterocycles. The highest BCUT2D eigenvalue weighted by Gasteiger charge is 2.54. The Morgan fingerprint density at radius 3 is 2.80 bits per heavy atom. The lowest BCUT2D eigenvalue weighted by atomic mass is 9.80. The first-order valence-corrected chi connectivity index (χ1v) is 6.65. The van der Waals surface area contributed by atoms with Gasteiger partial charge in [0, 0.05) is 0 Å². The molecule has 0 amide bonds. The number of epoxide rings is 1. The van der Waals surface area contributed by atoms with Gasteiger partial charge in [-0.25, -0.2) is 0 Å². The van der Waals surface area contributed by atoms with E-state index in [1.807, 2.05) is 0 Å². The molecule has 0 aromatic rings. The van der Waals surface area contributed by atoms with Gasteiger partial charge in [-0.1, -0.05) is 6.42 Å². The first-order chi connectivity index (χ1) is 7.42. The Kier molecular flexibility index (Phi) is 1.92. The molecule has 2 nitrogen and oxygen atoms in total. The number of hydrogen-bond donors (Lipinski definition) is 0. The molecule has 0 radical (unpaired) electrons. The highest BCUT2D eigenvalue weighted by atomic mass is 16.6. The predicted octanol–water partition coefficient (Wildman–Crippen LogP) is 2.23. The van der Waals surface area contributed by atoms with E-state index in [9.17, 15) is 0 Å². The molecule has 4 fully saturated rings. The molecular formula is C13H20O2. The molecule has 1 saturated heterocycles. The van der Waals surface area contributed by atoms with Crippen molar-refractivity contribution in [2.24, 2.45) is 23.7 Å². The lowest BCUT2D eigenvalue weighted by Gasteiger charge is -2.31. The van der Waals surface area contributed by atoms with Gasteiger partial charge in [-0.15, -0.1) is 0 Å². The van der Waals surface area contributed by atoms with Crippen LogP contribution in [0.3, 0.4) is 0 Å². The summed E-state index contributed by atoms with van der Waals surface area (Å²) in [4.78, 5) is 0. The Labute approximate surface area is 91.3 Å². The summed E-state index contributed by atoms with van der Waals surface area (Å²) in [5.74, 6) is 4.06. The Balaban J connectivity index is 1.41. The second-order valence-electron chi connectivity index (χ2n) is 5.98. The van der Waals surface area contributed by atoms with Gasteiger partial charge >= 0.3 is 0 Å². The van der Waals surface area contributed by atoms with Crippen LogP contribution in [-0.4, -0.2) is 25.4 Å². The minimum Gasteiger partial charge on any atom is -0.375 e. The molecule has 15 heavy (non-hydrogen) atoms. The minimum atomic E-state index is 0.448. The van der Waals surface area contributed by atoms with E-state index < -0.39 is 0 Å². The fraction of sp³-hybridized carbons (Fsp3) is 1.00. The second kappa shape index (κ2) is 3.21. The largest absolute Gasteiger partial charge is 0.375 e. The topological polar surface area (TPSA) is 21.8 Å². The molecule has 6 unspecified atom stereocenters. The van der Waals surface area contributed by atoms with Crippen LogP contribution >= 0.6 is 0 Å². The Morgan fingerprint density at radius 2 is 1.93 bits per heavy atom. The average Bonchev–Trinajstić information content (AvgIpc) is 2.72. The van der Waals surface area contributed by atoms with Crippen molar-refractivity contribution in [3.8, 4) is 0 Å². The number of ether oxygens (including phenoxy) is 2. The van der Waals surface area contributed by atoms with Crippen molar-refractivity contribution in [3.63, 3.8) is 0 Å². The zero-order valence-electron chi connectivity index (χ0n) is 9.23. The molecule has 0 aromatic carbocycles. The zero-order valence-corrected chi connectivity index (χ0v) is 9.23. The normalized spacial score (nSPS) is 56.0. The van der Waals surface area contributed by atoms with E-state index in [0.717, 1.165) is 36.9 Å². The molecule has 1 aliphatic heterocycles. The van der Waals surface area contributed by atoms with Crippen LogP contribution in [0.4, 0.5) is 0 Å². The van der Waals surface area contributed by atoms with Crippen molar-refractivity contribution in [1.29, 1.82) is 0 Å². The third kappa shape index (κ3) is 1.38. The average molecular weight is 208 g/mol. The summed E-state index contributed by atoms with van der Waals surface area (Å²) in [6.07, 6.45) is 8.38. The van der Waals surface area contributed by atoms with Gasteiger partial charge in [0.25, 0.3) is 0 Å². The summed E-state index contributed by atoms with van der Waals surface area (Å²) in [5, 5.41) is 0. The molecule has 3 saturated carbocycles. The van der Waals surface area contributed by atoms with E-state index in [1.165, 1.54) is 32.1 Å². The third-order valence-corrected chi connectivity index (χ3v) is 5.27. The molecular weight excluding hydrogens is 188 g/mol. The van der Waals surface area contributed by atoms with Crippen LogP contribution in [-0.2, 0) is 9.47 Å². The van der Waals surface area contributed by atoms with E-state index in [1.54, 1.807) is 0 Å². The predicted molar refractivity (Wildman–Crippen MR) is 56.5 cm³/mol. The first-order valence-electron chi connectivity index (χ1n) is 6.65. The molecule has 0 spiro atoms. The van der Waals surface area contributed by atoms with Crippen LogP contribution in [0.1, 0.15) is 32.1 Å². The van der Waals surface area contributed by atoms with E-state index in [4.69, 9.17) is 9.47 Å². The van der Waals surface area contributed by atoms with Gasteiger partial charge in [-0.2, -0.15) is 0 Å². The molecule has 4 rings (SSSR count). The molecule has 2 bridgehead atoms. The number of fused-ring (bicyclic) bond motifs is 5. The van der Waals surface area contributed by atoms with Crippen molar-refractivity contribution in [3.05, 3.63) is 0 Å². The second-order valence-corrected chi connectivity index (χ2v) is 5.98. The van der Waals surface area contributed by atoms with Crippen LogP contribution in [0.2, 0.25) is 0 Å². The highest BCUT2D eigenvalue weighted by molar-refractivity contribution is 5.03. The van der Waals surface area contributed by atoms with Gasteiger partial charge in [0.15, 0.2) is 0 Å². The maximum atomic E-state index is 6.04. The summed E-state index contributed by atoms with van der Waals surface area (Å²) >= 11 is 0. The van der Waals surface area contributed by atoms with Crippen LogP contribution in [0, 0.1) is 23.7 Å². The van der Waals surface area contributed by atoms with E-state index >= 15 is 0 Å².